The van der Waals surface area contributed by atoms with Crippen LogP contribution in [-0.4, -0.2) is 45.3 Å². The van der Waals surface area contributed by atoms with Gasteiger partial charge in [0.15, 0.2) is 5.82 Å². The van der Waals surface area contributed by atoms with Crippen molar-refractivity contribution in [2.75, 3.05) is 20.2 Å². The third-order valence-corrected chi connectivity index (χ3v) is 6.26. The summed E-state index contributed by atoms with van der Waals surface area (Å²) in [4.78, 5) is 20.5. The number of hydrogen-bond acceptors (Lipinski definition) is 8. The fourth-order valence-electron chi connectivity index (χ4n) is 3.32. The molecule has 4 rings (SSSR count). The van der Waals surface area contributed by atoms with E-state index in [1.165, 1.54) is 35.6 Å². The number of aromatic amines is 1. The number of likely N-dealkylation sites (N-methyl/N-ethyl adjacent to an activating group) is 1. The molecule has 0 atom stereocenters. The summed E-state index contributed by atoms with van der Waals surface area (Å²) in [6.45, 7) is 0.730. The molecule has 190 valence electrons. The van der Waals surface area contributed by atoms with Gasteiger partial charge in [0.1, 0.15) is 23.2 Å². The van der Waals surface area contributed by atoms with Gasteiger partial charge >= 0.3 is 11.9 Å². The Morgan fingerprint density at radius 2 is 1.94 bits per heavy atom. The maximum absolute atomic E-state index is 14.5. The van der Waals surface area contributed by atoms with Gasteiger partial charge in [-0.2, -0.15) is 13.2 Å². The second kappa shape index (κ2) is 10.6. The fraction of sp³-hybridized carbons (Fsp3) is 0.261. The minimum absolute atomic E-state index is 0.0280. The van der Waals surface area contributed by atoms with E-state index in [1.807, 2.05) is 4.90 Å². The lowest BCUT2D eigenvalue weighted by molar-refractivity contribution is -0.137. The van der Waals surface area contributed by atoms with Crippen molar-refractivity contribution in [3.63, 3.8) is 0 Å². The lowest BCUT2D eigenvalue weighted by Gasteiger charge is -2.14. The van der Waals surface area contributed by atoms with Gasteiger partial charge in [-0.05, 0) is 31.3 Å². The summed E-state index contributed by atoms with van der Waals surface area (Å²) in [7, 11) is 1.79. The zero-order chi connectivity index (χ0) is 25.9. The van der Waals surface area contributed by atoms with Gasteiger partial charge < -0.3 is 9.84 Å². The summed E-state index contributed by atoms with van der Waals surface area (Å²) in [5, 5.41) is 13.2. The standard InChI is InChI=1S/C23H20F4N4O4S/c1-31(8-9-32)11-18-19(36-21(28-18)13-2-4-14(5-3-13)23(25,26)27)12-34-15-6-7-16(17(24)10-15)20-29-22(33)35-30-20/h2-7,10,32H,8-9,11-12H2,1H3,(H,29,30,33). The Morgan fingerprint density at radius 1 is 1.19 bits per heavy atom. The van der Waals surface area contributed by atoms with E-state index in [-0.39, 0.29) is 30.4 Å². The number of H-pyrrole nitrogens is 1. The smallest absolute Gasteiger partial charge is 0.439 e. The first kappa shape index (κ1) is 25.5. The van der Waals surface area contributed by atoms with Crippen LogP contribution in [0.5, 0.6) is 5.75 Å². The molecule has 4 aromatic rings. The van der Waals surface area contributed by atoms with E-state index < -0.39 is 23.3 Å². The molecule has 2 heterocycles. The van der Waals surface area contributed by atoms with Crippen molar-refractivity contribution in [3.05, 3.63) is 75.0 Å². The monoisotopic (exact) mass is 524 g/mol. The van der Waals surface area contributed by atoms with Crippen molar-refractivity contribution in [3.8, 4) is 27.7 Å². The molecule has 0 unspecified atom stereocenters. The number of halogens is 4. The van der Waals surface area contributed by atoms with Crippen LogP contribution in [0.4, 0.5) is 17.6 Å². The van der Waals surface area contributed by atoms with E-state index in [0.29, 0.717) is 34.2 Å². The summed E-state index contributed by atoms with van der Waals surface area (Å²) in [5.74, 6) is -1.34. The van der Waals surface area contributed by atoms with Gasteiger partial charge in [-0.1, -0.05) is 17.3 Å². The molecule has 0 spiro atoms. The van der Waals surface area contributed by atoms with Crippen LogP contribution in [0.1, 0.15) is 16.1 Å². The molecule has 0 amide bonds. The number of nitrogens with zero attached hydrogens (tertiary/aromatic N) is 3. The third-order valence-electron chi connectivity index (χ3n) is 5.14. The van der Waals surface area contributed by atoms with Crippen molar-refractivity contribution in [1.82, 2.24) is 20.0 Å². The Morgan fingerprint density at radius 3 is 2.56 bits per heavy atom. The van der Waals surface area contributed by atoms with Crippen LogP contribution in [0.3, 0.4) is 0 Å². The van der Waals surface area contributed by atoms with Gasteiger partial charge in [0, 0.05) is 24.7 Å². The van der Waals surface area contributed by atoms with Crippen molar-refractivity contribution in [2.45, 2.75) is 19.3 Å². The maximum atomic E-state index is 14.5. The molecule has 0 bridgehead atoms. The topological polar surface area (TPSA) is 104 Å². The number of ether oxygens (including phenoxy) is 1. The summed E-state index contributed by atoms with van der Waals surface area (Å²) in [5.41, 5.74) is 0.418. The van der Waals surface area contributed by atoms with Crippen molar-refractivity contribution < 1.29 is 31.9 Å². The number of rotatable bonds is 9. The molecule has 8 nitrogen and oxygen atoms in total. The average Bonchev–Trinajstić information content (AvgIpc) is 3.43. The first-order chi connectivity index (χ1) is 17.1. The van der Waals surface area contributed by atoms with Gasteiger partial charge in [-0.15, -0.1) is 11.3 Å². The van der Waals surface area contributed by atoms with E-state index >= 15 is 0 Å². The van der Waals surface area contributed by atoms with E-state index in [1.54, 1.807) is 7.05 Å². The Balaban J connectivity index is 1.56. The highest BCUT2D eigenvalue weighted by molar-refractivity contribution is 7.15. The number of thiazole rings is 1. The van der Waals surface area contributed by atoms with E-state index in [9.17, 15) is 27.5 Å². The molecule has 0 saturated carbocycles. The molecule has 0 aliphatic heterocycles. The summed E-state index contributed by atoms with van der Waals surface area (Å²) < 4.78 is 63.4. The lowest BCUT2D eigenvalue weighted by atomic mass is 10.1. The van der Waals surface area contributed by atoms with Gasteiger partial charge in [-0.3, -0.25) is 14.4 Å². The van der Waals surface area contributed by atoms with Gasteiger partial charge in [0.2, 0.25) is 0 Å². The highest BCUT2D eigenvalue weighted by Crippen LogP contribution is 2.34. The van der Waals surface area contributed by atoms with Crippen LogP contribution in [0.2, 0.25) is 0 Å². The quantitative estimate of drug-likeness (QED) is 0.315. The van der Waals surface area contributed by atoms with Gasteiger partial charge in [0.05, 0.1) is 28.3 Å². The van der Waals surface area contributed by atoms with Crippen LogP contribution in [0, 0.1) is 5.82 Å². The SMILES string of the molecule is CN(CCO)Cc1nc(-c2ccc(C(F)(F)F)cc2)sc1COc1ccc(-c2noc(=O)[nH]2)c(F)c1. The average molecular weight is 524 g/mol. The molecular formula is C23H20F4N4O4S. The molecule has 2 aromatic heterocycles. The van der Waals surface area contributed by atoms with Crippen LogP contribution < -0.4 is 10.5 Å². The zero-order valence-electron chi connectivity index (χ0n) is 18.8. The van der Waals surface area contributed by atoms with Gasteiger partial charge in [-0.25, -0.2) is 14.2 Å². The van der Waals surface area contributed by atoms with Crippen LogP contribution in [-0.2, 0) is 19.3 Å². The second-order valence-electron chi connectivity index (χ2n) is 7.80. The molecule has 0 aliphatic rings. The molecule has 13 heteroatoms. The normalized spacial score (nSPS) is 11.9. The number of nitrogens with one attached hydrogen (secondary N) is 1. The van der Waals surface area contributed by atoms with E-state index in [2.05, 4.69) is 19.6 Å². The molecule has 0 saturated heterocycles. The molecular weight excluding hydrogens is 504 g/mol. The Labute approximate surface area is 205 Å². The number of aromatic nitrogens is 3. The highest BCUT2D eigenvalue weighted by Gasteiger charge is 2.30. The Kier molecular flexibility index (Phi) is 7.52. The number of benzene rings is 2. The summed E-state index contributed by atoms with van der Waals surface area (Å²) >= 11 is 1.25. The predicted molar refractivity (Wildman–Crippen MR) is 123 cm³/mol. The van der Waals surface area contributed by atoms with Crippen LogP contribution in [0.15, 0.2) is 51.8 Å². The van der Waals surface area contributed by atoms with E-state index in [0.717, 1.165) is 18.2 Å². The summed E-state index contributed by atoms with van der Waals surface area (Å²) in [6, 6.07) is 8.73. The number of aliphatic hydroxyl groups excluding tert-OH is 1. The summed E-state index contributed by atoms with van der Waals surface area (Å²) in [6.07, 6.45) is -4.44. The lowest BCUT2D eigenvalue weighted by Crippen LogP contribution is -2.22. The number of alkyl halides is 3. The molecule has 0 aliphatic carbocycles. The molecule has 2 aromatic carbocycles. The highest BCUT2D eigenvalue weighted by atomic mass is 32.1. The second-order valence-corrected chi connectivity index (χ2v) is 8.88. The zero-order valence-corrected chi connectivity index (χ0v) is 19.6. The molecule has 2 N–H and O–H groups in total. The van der Waals surface area contributed by atoms with Gasteiger partial charge in [0.25, 0.3) is 0 Å². The fourth-order valence-corrected chi connectivity index (χ4v) is 4.31. The minimum Gasteiger partial charge on any atom is -0.488 e. The minimum atomic E-state index is -4.44. The molecule has 0 radical (unpaired) electrons. The molecule has 36 heavy (non-hydrogen) atoms. The molecule has 0 fully saturated rings. The number of hydrogen-bond donors (Lipinski definition) is 2. The van der Waals surface area contributed by atoms with Crippen molar-refractivity contribution in [2.24, 2.45) is 0 Å². The Hall–Kier alpha value is -3.55. The number of aliphatic hydroxyl groups is 1. The van der Waals surface area contributed by atoms with E-state index in [4.69, 9.17) is 4.74 Å². The van der Waals surface area contributed by atoms with Crippen molar-refractivity contribution >= 4 is 11.3 Å². The van der Waals surface area contributed by atoms with Crippen LogP contribution >= 0.6 is 11.3 Å². The van der Waals surface area contributed by atoms with Crippen molar-refractivity contribution in [1.29, 1.82) is 0 Å². The van der Waals surface area contributed by atoms with Crippen LogP contribution in [0.25, 0.3) is 22.0 Å². The largest absolute Gasteiger partial charge is 0.488 e. The predicted octanol–water partition coefficient (Wildman–Crippen LogP) is 4.31. The maximum Gasteiger partial charge on any atom is 0.439 e. The first-order valence-electron chi connectivity index (χ1n) is 10.6. The Bertz CT molecular complexity index is 1380. The first-order valence-corrected chi connectivity index (χ1v) is 11.4. The third kappa shape index (κ3) is 5.98.